The number of amides is 1. The van der Waals surface area contributed by atoms with E-state index in [1.54, 1.807) is 39.8 Å². The van der Waals surface area contributed by atoms with Crippen LogP contribution in [0.3, 0.4) is 0 Å². The predicted octanol–water partition coefficient (Wildman–Crippen LogP) is 3.28. The van der Waals surface area contributed by atoms with E-state index in [1.165, 1.54) is 16.7 Å². The molecule has 232 valence electrons. The SMILES string of the molecule is Cc1ccc(-n2nc(C3CCN(S(=O)(=O)c4ccc(N5CCOCC5)nc4)CC3)cc2NC(=O)c2cnn3cccnc23)cc1. The van der Waals surface area contributed by atoms with Crippen molar-refractivity contribution >= 4 is 33.2 Å². The molecule has 6 heterocycles. The van der Waals surface area contributed by atoms with Crippen LogP contribution in [-0.2, 0) is 14.8 Å². The van der Waals surface area contributed by atoms with E-state index >= 15 is 0 Å². The van der Waals surface area contributed by atoms with Crippen LogP contribution in [0, 0.1) is 6.92 Å². The largest absolute Gasteiger partial charge is 0.378 e. The third-order valence-electron chi connectivity index (χ3n) is 8.34. The lowest BCUT2D eigenvalue weighted by Crippen LogP contribution is -2.38. The molecule has 0 radical (unpaired) electrons. The zero-order valence-corrected chi connectivity index (χ0v) is 25.6. The van der Waals surface area contributed by atoms with Crippen molar-refractivity contribution in [3.8, 4) is 5.69 Å². The van der Waals surface area contributed by atoms with Gasteiger partial charge >= 0.3 is 0 Å². The number of rotatable bonds is 7. The first-order valence-electron chi connectivity index (χ1n) is 14.9. The Morgan fingerprint density at radius 1 is 0.978 bits per heavy atom. The second-order valence-electron chi connectivity index (χ2n) is 11.2. The Morgan fingerprint density at radius 3 is 2.49 bits per heavy atom. The van der Waals surface area contributed by atoms with Crippen LogP contribution in [0.25, 0.3) is 11.3 Å². The zero-order chi connectivity index (χ0) is 31.0. The number of morpholine rings is 1. The summed E-state index contributed by atoms with van der Waals surface area (Å²) >= 11 is 0. The van der Waals surface area contributed by atoms with Gasteiger partial charge in [0.1, 0.15) is 22.1 Å². The molecule has 13 nitrogen and oxygen atoms in total. The van der Waals surface area contributed by atoms with Crippen molar-refractivity contribution in [2.45, 2.75) is 30.6 Å². The summed E-state index contributed by atoms with van der Waals surface area (Å²) in [6.07, 6.45) is 7.48. The van der Waals surface area contributed by atoms with Gasteiger partial charge in [-0.05, 0) is 50.1 Å². The number of ether oxygens (including phenoxy) is 1. The monoisotopic (exact) mass is 627 g/mol. The van der Waals surface area contributed by atoms with Gasteiger partial charge in [-0.15, -0.1) is 0 Å². The maximum atomic E-state index is 13.5. The van der Waals surface area contributed by atoms with E-state index in [2.05, 4.69) is 25.3 Å². The molecule has 1 aromatic carbocycles. The molecule has 0 atom stereocenters. The van der Waals surface area contributed by atoms with Crippen LogP contribution in [0.4, 0.5) is 11.6 Å². The lowest BCUT2D eigenvalue weighted by molar-refractivity contribution is 0.102. The highest BCUT2D eigenvalue weighted by Gasteiger charge is 2.32. The van der Waals surface area contributed by atoms with Crippen LogP contribution in [0.2, 0.25) is 0 Å². The highest BCUT2D eigenvalue weighted by molar-refractivity contribution is 7.89. The van der Waals surface area contributed by atoms with Crippen molar-refractivity contribution in [1.29, 1.82) is 0 Å². The minimum atomic E-state index is -3.69. The number of hydrogen-bond acceptors (Lipinski definition) is 9. The summed E-state index contributed by atoms with van der Waals surface area (Å²) in [6.45, 7) is 5.44. The van der Waals surface area contributed by atoms with Crippen molar-refractivity contribution in [1.82, 2.24) is 33.7 Å². The highest BCUT2D eigenvalue weighted by Crippen LogP contribution is 2.33. The molecular weight excluding hydrogens is 594 g/mol. The molecule has 2 fully saturated rings. The van der Waals surface area contributed by atoms with Gasteiger partial charge in [-0.2, -0.15) is 14.5 Å². The fraction of sp³-hybridized carbons (Fsp3) is 0.323. The summed E-state index contributed by atoms with van der Waals surface area (Å²) in [5.74, 6) is 0.924. The van der Waals surface area contributed by atoms with Gasteiger partial charge in [0.15, 0.2) is 5.65 Å². The van der Waals surface area contributed by atoms with Crippen LogP contribution < -0.4 is 10.2 Å². The Kier molecular flexibility index (Phi) is 7.77. The molecule has 14 heteroatoms. The van der Waals surface area contributed by atoms with Crippen molar-refractivity contribution in [2.75, 3.05) is 49.6 Å². The van der Waals surface area contributed by atoms with Crippen molar-refractivity contribution in [3.63, 3.8) is 0 Å². The number of nitrogens with one attached hydrogen (secondary N) is 1. The minimum absolute atomic E-state index is 0.0132. The van der Waals surface area contributed by atoms with Crippen LogP contribution in [0.15, 0.2) is 78.2 Å². The lowest BCUT2D eigenvalue weighted by Gasteiger charge is -2.31. The van der Waals surface area contributed by atoms with E-state index < -0.39 is 10.0 Å². The fourth-order valence-electron chi connectivity index (χ4n) is 5.79. The average Bonchev–Trinajstić information content (AvgIpc) is 3.70. The quantitative estimate of drug-likeness (QED) is 0.288. The number of aryl methyl sites for hydroxylation is 1. The maximum absolute atomic E-state index is 13.5. The average molecular weight is 628 g/mol. The summed E-state index contributed by atoms with van der Waals surface area (Å²) in [4.78, 5) is 24.4. The standard InChI is InChI=1S/C31H33N9O4S/c1-22-3-5-24(6-4-22)40-29(35-31(41)26-21-34-39-12-2-11-32-30(26)39)19-27(36-40)23-9-13-38(14-10-23)45(42,43)25-7-8-28(33-20-25)37-15-17-44-18-16-37/h2-8,11-12,19-21,23H,9-10,13-18H2,1H3,(H,35,41). The van der Waals surface area contributed by atoms with E-state index in [0.29, 0.717) is 56.2 Å². The first kappa shape index (κ1) is 29.1. The van der Waals surface area contributed by atoms with Gasteiger partial charge in [0.25, 0.3) is 5.91 Å². The van der Waals surface area contributed by atoms with E-state index in [4.69, 9.17) is 9.84 Å². The molecule has 0 bridgehead atoms. The number of pyridine rings is 1. The maximum Gasteiger partial charge on any atom is 0.262 e. The Bertz CT molecular complexity index is 1920. The third-order valence-corrected chi connectivity index (χ3v) is 10.2. The minimum Gasteiger partial charge on any atom is -0.378 e. The summed E-state index contributed by atoms with van der Waals surface area (Å²) in [5, 5.41) is 12.1. The van der Waals surface area contributed by atoms with Gasteiger partial charge in [0.2, 0.25) is 10.0 Å². The molecular formula is C31H33N9O4S. The summed E-state index contributed by atoms with van der Waals surface area (Å²) in [7, 11) is -3.69. The molecule has 0 saturated carbocycles. The van der Waals surface area contributed by atoms with Gasteiger partial charge in [-0.1, -0.05) is 17.7 Å². The molecule has 2 aliphatic rings. The molecule has 0 unspecified atom stereocenters. The van der Waals surface area contributed by atoms with Crippen LogP contribution in [0.1, 0.15) is 40.4 Å². The van der Waals surface area contributed by atoms with Crippen LogP contribution in [0.5, 0.6) is 0 Å². The molecule has 1 amide bonds. The molecule has 2 aliphatic heterocycles. The Morgan fingerprint density at radius 2 is 1.76 bits per heavy atom. The van der Waals surface area contributed by atoms with Gasteiger partial charge < -0.3 is 15.0 Å². The normalized spacial score (nSPS) is 16.7. The number of anilines is 2. The number of piperidine rings is 1. The molecule has 45 heavy (non-hydrogen) atoms. The second-order valence-corrected chi connectivity index (χ2v) is 13.2. The number of carbonyl (C=O) groups is 1. The summed E-state index contributed by atoms with van der Waals surface area (Å²) in [5.41, 5.74) is 3.50. The molecule has 2 saturated heterocycles. The number of carbonyl (C=O) groups excluding carboxylic acids is 1. The first-order valence-corrected chi connectivity index (χ1v) is 16.4. The molecule has 1 N–H and O–H groups in total. The highest BCUT2D eigenvalue weighted by atomic mass is 32.2. The summed E-state index contributed by atoms with van der Waals surface area (Å²) in [6, 6.07) is 14.9. The second kappa shape index (κ2) is 12.0. The first-order chi connectivity index (χ1) is 21.9. The van der Waals surface area contributed by atoms with Crippen molar-refractivity contribution in [2.24, 2.45) is 0 Å². The van der Waals surface area contributed by atoms with Crippen molar-refractivity contribution < 1.29 is 17.9 Å². The van der Waals surface area contributed by atoms with Crippen LogP contribution in [-0.4, -0.2) is 87.4 Å². The van der Waals surface area contributed by atoms with E-state index in [1.807, 2.05) is 37.3 Å². The Hall–Kier alpha value is -4.66. The van der Waals surface area contributed by atoms with Gasteiger partial charge in [0.05, 0.1) is 30.8 Å². The number of aromatic nitrogens is 6. The van der Waals surface area contributed by atoms with E-state index in [0.717, 1.165) is 35.9 Å². The Balaban J connectivity index is 1.09. The number of benzene rings is 1. The molecule has 4 aromatic heterocycles. The fourth-order valence-corrected chi connectivity index (χ4v) is 7.20. The lowest BCUT2D eigenvalue weighted by atomic mass is 9.95. The van der Waals surface area contributed by atoms with E-state index in [9.17, 15) is 13.2 Å². The summed E-state index contributed by atoms with van der Waals surface area (Å²) < 4.78 is 37.2. The Labute approximate surface area is 260 Å². The number of sulfonamides is 1. The molecule has 0 aliphatic carbocycles. The molecule has 5 aromatic rings. The van der Waals surface area contributed by atoms with Crippen LogP contribution >= 0.6 is 0 Å². The van der Waals surface area contributed by atoms with Gasteiger partial charge in [-0.25, -0.2) is 27.6 Å². The number of hydrogen-bond donors (Lipinski definition) is 1. The molecule has 0 spiro atoms. The topological polar surface area (TPSA) is 140 Å². The smallest absolute Gasteiger partial charge is 0.262 e. The number of nitrogens with zero attached hydrogens (tertiary/aromatic N) is 8. The predicted molar refractivity (Wildman–Crippen MR) is 167 cm³/mol. The van der Waals surface area contributed by atoms with Gasteiger partial charge in [0, 0.05) is 56.8 Å². The van der Waals surface area contributed by atoms with Gasteiger partial charge in [-0.3, -0.25) is 4.79 Å². The zero-order valence-electron chi connectivity index (χ0n) is 24.8. The number of fused-ring (bicyclic) bond motifs is 1. The molecule has 7 rings (SSSR count). The third kappa shape index (κ3) is 5.79. The van der Waals surface area contributed by atoms with E-state index in [-0.39, 0.29) is 16.7 Å². The van der Waals surface area contributed by atoms with Crippen molar-refractivity contribution in [3.05, 3.63) is 90.1 Å².